The molecule has 18 heteroatoms. The Morgan fingerprint density at radius 3 is 2.39 bits per heavy atom. The standard InChI is InChI=1S/C46H46N8O9S/c1-51-25-30(49-41(56)9-6-18-63-37-24-34-32(23-36(37)62-3)46(61)54-31(26-52(34)2)20-27-7-4-5-8-33(27)54)22-35(51)44(59)50-29-10-11-38-28(19-29)21-39(64-38)45(60)48-15-14-40(55)47-16-17-53-42(57)12-13-43(53)58/h4-5,7-8,10-13,19,21-25,31H,6,9,14-18,20,26H2,1-3H3,(H,47,55)(H,48,60)(H,49,56)(H,50,59)/t31-/m0/s1. The van der Waals surface area contributed by atoms with Gasteiger partial charge in [-0.3, -0.25) is 38.5 Å². The number of carbonyl (C=O) groups is 7. The maximum atomic E-state index is 13.9. The first-order valence-corrected chi connectivity index (χ1v) is 21.6. The highest BCUT2D eigenvalue weighted by Gasteiger charge is 2.39. The number of carbonyl (C=O) groups excluding carboxylic acids is 7. The van der Waals surface area contributed by atoms with E-state index in [2.05, 4.69) is 32.2 Å². The fraction of sp³-hybridized carbons (Fsp3) is 0.283. The van der Waals surface area contributed by atoms with E-state index in [9.17, 15) is 33.6 Å². The SMILES string of the molecule is COc1cc2c(cc1OCCCC(=O)Nc1cc(C(=O)Nc3ccc4sc(C(=O)NCCC(=O)NCCN5C(=O)C=CC5=O)cc4c3)n(C)c1)N(C)C[C@@H]1Cc3ccccc3N1C2=O. The van der Waals surface area contributed by atoms with Crippen molar-refractivity contribution in [3.8, 4) is 11.5 Å². The van der Waals surface area contributed by atoms with Crippen LogP contribution < -0.4 is 40.5 Å². The third kappa shape index (κ3) is 9.17. The Balaban J connectivity index is 0.791. The molecule has 3 aromatic carbocycles. The summed E-state index contributed by atoms with van der Waals surface area (Å²) in [4.78, 5) is 93.9. The molecule has 64 heavy (non-hydrogen) atoms. The second-order valence-corrected chi connectivity index (χ2v) is 16.7. The van der Waals surface area contributed by atoms with Crippen LogP contribution in [0.25, 0.3) is 10.1 Å². The number of rotatable bonds is 16. The topological polar surface area (TPSA) is 201 Å². The molecule has 1 atom stereocenters. The van der Waals surface area contributed by atoms with Gasteiger partial charge in [0.1, 0.15) is 5.69 Å². The molecule has 17 nitrogen and oxygen atoms in total. The molecule has 7 amide bonds. The molecule has 0 saturated carbocycles. The van der Waals surface area contributed by atoms with Crippen LogP contribution in [-0.4, -0.2) is 104 Å². The lowest BCUT2D eigenvalue weighted by molar-refractivity contribution is -0.137. The molecule has 0 bridgehead atoms. The van der Waals surface area contributed by atoms with Crippen molar-refractivity contribution in [2.24, 2.45) is 7.05 Å². The number of para-hydroxylation sites is 1. The van der Waals surface area contributed by atoms with Crippen molar-refractivity contribution < 1.29 is 43.0 Å². The van der Waals surface area contributed by atoms with Gasteiger partial charge in [0.05, 0.1) is 41.6 Å². The number of nitrogens with zero attached hydrogens (tertiary/aromatic N) is 4. The van der Waals surface area contributed by atoms with Gasteiger partial charge in [-0.2, -0.15) is 0 Å². The number of likely N-dealkylation sites (N-methyl/N-ethyl adjacent to an activating group) is 1. The third-order valence-electron chi connectivity index (χ3n) is 11.2. The molecule has 4 N–H and O–H groups in total. The molecule has 330 valence electrons. The molecule has 0 fully saturated rings. The molecule has 5 heterocycles. The number of ether oxygens (including phenoxy) is 2. The molecule has 0 aliphatic carbocycles. The van der Waals surface area contributed by atoms with Gasteiger partial charge in [0.25, 0.3) is 29.5 Å². The van der Waals surface area contributed by atoms with Crippen LogP contribution in [0.3, 0.4) is 0 Å². The second-order valence-electron chi connectivity index (χ2n) is 15.6. The van der Waals surface area contributed by atoms with Gasteiger partial charge in [-0.1, -0.05) is 18.2 Å². The summed E-state index contributed by atoms with van der Waals surface area (Å²) >= 11 is 1.27. The maximum absolute atomic E-state index is 13.9. The highest BCUT2D eigenvalue weighted by Crippen LogP contribution is 2.42. The highest BCUT2D eigenvalue weighted by molar-refractivity contribution is 7.20. The predicted molar refractivity (Wildman–Crippen MR) is 241 cm³/mol. The van der Waals surface area contributed by atoms with Gasteiger partial charge < -0.3 is 45.1 Å². The average Bonchev–Trinajstić information content (AvgIpc) is 4.04. The number of nitrogens with one attached hydrogen (secondary N) is 4. The Bertz CT molecular complexity index is 2720. The molecule has 0 radical (unpaired) electrons. The third-order valence-corrected chi connectivity index (χ3v) is 12.3. The number of aryl methyl sites for hydroxylation is 1. The number of thiophene rings is 1. The van der Waals surface area contributed by atoms with E-state index in [1.807, 2.05) is 36.2 Å². The van der Waals surface area contributed by atoms with E-state index in [0.29, 0.717) is 52.0 Å². The first kappa shape index (κ1) is 43.2. The lowest BCUT2D eigenvalue weighted by Crippen LogP contribution is -2.41. The van der Waals surface area contributed by atoms with Crippen LogP contribution >= 0.6 is 11.3 Å². The predicted octanol–water partition coefficient (Wildman–Crippen LogP) is 4.48. The normalized spacial score (nSPS) is 15.1. The monoisotopic (exact) mass is 886 g/mol. The van der Waals surface area contributed by atoms with Crippen molar-refractivity contribution in [2.75, 3.05) is 67.4 Å². The van der Waals surface area contributed by atoms with Crippen LogP contribution in [0.1, 0.15) is 55.3 Å². The summed E-state index contributed by atoms with van der Waals surface area (Å²) in [6.45, 7) is 1.13. The number of amides is 7. The van der Waals surface area contributed by atoms with Crippen molar-refractivity contribution in [3.05, 3.63) is 107 Å². The summed E-state index contributed by atoms with van der Waals surface area (Å²) in [5.41, 5.74) is 4.65. The molecule has 5 aromatic rings. The Labute approximate surface area is 372 Å². The van der Waals surface area contributed by atoms with Gasteiger partial charge in [0.2, 0.25) is 11.8 Å². The number of aromatic nitrogens is 1. The van der Waals surface area contributed by atoms with E-state index in [-0.39, 0.29) is 68.8 Å². The Morgan fingerprint density at radius 2 is 1.59 bits per heavy atom. The first-order valence-electron chi connectivity index (χ1n) is 20.7. The smallest absolute Gasteiger partial charge is 0.272 e. The van der Waals surface area contributed by atoms with Gasteiger partial charge in [-0.25, -0.2) is 0 Å². The van der Waals surface area contributed by atoms with E-state index in [4.69, 9.17) is 9.47 Å². The lowest BCUT2D eigenvalue weighted by Gasteiger charge is -2.25. The number of fused-ring (bicyclic) bond motifs is 5. The number of hydrogen-bond acceptors (Lipinski definition) is 11. The zero-order valence-corrected chi connectivity index (χ0v) is 36.2. The minimum absolute atomic E-state index is 0.00922. The summed E-state index contributed by atoms with van der Waals surface area (Å²) in [5, 5.41) is 11.8. The number of imide groups is 1. The van der Waals surface area contributed by atoms with E-state index in [0.717, 1.165) is 38.3 Å². The summed E-state index contributed by atoms with van der Waals surface area (Å²) in [5.74, 6) is -1.36. The van der Waals surface area contributed by atoms with Crippen molar-refractivity contribution in [1.29, 1.82) is 0 Å². The van der Waals surface area contributed by atoms with Crippen LogP contribution in [0.2, 0.25) is 0 Å². The summed E-state index contributed by atoms with van der Waals surface area (Å²) < 4.78 is 14.2. The fourth-order valence-electron chi connectivity index (χ4n) is 8.08. The van der Waals surface area contributed by atoms with Crippen molar-refractivity contribution in [3.63, 3.8) is 0 Å². The quantitative estimate of drug-likeness (QED) is 0.0809. The number of hydrogen-bond donors (Lipinski definition) is 4. The number of benzene rings is 3. The van der Waals surface area contributed by atoms with Crippen LogP contribution in [0.4, 0.5) is 22.7 Å². The largest absolute Gasteiger partial charge is 0.493 e. The van der Waals surface area contributed by atoms with Gasteiger partial charge in [-0.15, -0.1) is 11.3 Å². The Kier molecular flexibility index (Phi) is 12.5. The number of methoxy groups -OCH3 is 1. The summed E-state index contributed by atoms with van der Waals surface area (Å²) in [7, 11) is 5.20. The van der Waals surface area contributed by atoms with Gasteiger partial charge in [0, 0.05) is 93.6 Å². The van der Waals surface area contributed by atoms with Gasteiger partial charge in [0.15, 0.2) is 11.5 Å². The zero-order valence-electron chi connectivity index (χ0n) is 35.4. The van der Waals surface area contributed by atoms with Crippen LogP contribution in [0.15, 0.2) is 85.1 Å². The molecule has 3 aliphatic rings. The van der Waals surface area contributed by atoms with Crippen LogP contribution in [0, 0.1) is 0 Å². The highest BCUT2D eigenvalue weighted by atomic mass is 32.1. The lowest BCUT2D eigenvalue weighted by atomic mass is 10.1. The molecule has 8 rings (SSSR count). The molecule has 2 aromatic heterocycles. The van der Waals surface area contributed by atoms with Gasteiger partial charge >= 0.3 is 0 Å². The van der Waals surface area contributed by atoms with Crippen molar-refractivity contribution in [1.82, 2.24) is 20.1 Å². The van der Waals surface area contributed by atoms with E-state index < -0.39 is 17.7 Å². The molecule has 0 unspecified atom stereocenters. The molecule has 0 spiro atoms. The minimum Gasteiger partial charge on any atom is -0.493 e. The van der Waals surface area contributed by atoms with E-state index in [1.165, 1.54) is 30.6 Å². The van der Waals surface area contributed by atoms with Crippen molar-refractivity contribution >= 4 is 85.5 Å². The van der Waals surface area contributed by atoms with Crippen LogP contribution in [0.5, 0.6) is 11.5 Å². The fourth-order valence-corrected chi connectivity index (χ4v) is 9.04. The van der Waals surface area contributed by atoms with Crippen molar-refractivity contribution in [2.45, 2.75) is 31.7 Å². The zero-order chi connectivity index (χ0) is 45.1. The summed E-state index contributed by atoms with van der Waals surface area (Å²) in [6.07, 6.45) is 5.35. The average molecular weight is 887 g/mol. The second kappa shape index (κ2) is 18.5. The molecular formula is C46H46N8O9S. The van der Waals surface area contributed by atoms with E-state index in [1.54, 1.807) is 54.2 Å². The molecule has 3 aliphatic heterocycles. The maximum Gasteiger partial charge on any atom is 0.272 e. The molecule has 0 saturated heterocycles. The molecular weight excluding hydrogens is 841 g/mol. The minimum atomic E-state index is -0.421. The van der Waals surface area contributed by atoms with Gasteiger partial charge in [-0.05, 0) is 66.3 Å². The summed E-state index contributed by atoms with van der Waals surface area (Å²) in [6, 6.07) is 20.1. The Hall–Kier alpha value is -7.47. The Morgan fingerprint density at radius 1 is 0.797 bits per heavy atom. The first-order chi connectivity index (χ1) is 30.9. The van der Waals surface area contributed by atoms with Crippen LogP contribution in [-0.2, 0) is 32.6 Å². The number of anilines is 4. The van der Waals surface area contributed by atoms with E-state index >= 15 is 0 Å².